The van der Waals surface area contributed by atoms with Crippen LogP contribution in [0.25, 0.3) is 0 Å². The van der Waals surface area contributed by atoms with E-state index in [2.05, 4.69) is 23.0 Å². The molecule has 0 saturated heterocycles. The number of hydrogen-bond acceptors (Lipinski definition) is 6. The molecular formula is C17H20ClN3O4S. The molecule has 2 rings (SSSR count). The highest BCUT2D eigenvalue weighted by Crippen LogP contribution is 2.25. The largest absolute Gasteiger partial charge is 0.470 e. The third-order valence-electron chi connectivity index (χ3n) is 3.37. The van der Waals surface area contributed by atoms with Crippen LogP contribution < -0.4 is 10.1 Å². The van der Waals surface area contributed by atoms with Gasteiger partial charge in [0.2, 0.25) is 0 Å². The summed E-state index contributed by atoms with van der Waals surface area (Å²) in [6.07, 6.45) is 1.60. The van der Waals surface area contributed by atoms with Crippen molar-refractivity contribution in [3.8, 4) is 5.75 Å². The molecule has 26 heavy (non-hydrogen) atoms. The molecule has 0 aliphatic carbocycles. The molecule has 1 N–H and O–H groups in total. The van der Waals surface area contributed by atoms with Crippen LogP contribution in [0.4, 0.5) is 0 Å². The molecule has 1 amide bonds. The number of halogens is 1. The first-order chi connectivity index (χ1) is 12.4. The Labute approximate surface area is 162 Å². The third-order valence-corrected chi connectivity index (χ3v) is 4.05. The first-order valence-corrected chi connectivity index (χ1v) is 8.96. The molecule has 140 valence electrons. The van der Waals surface area contributed by atoms with Gasteiger partial charge in [0.25, 0.3) is 5.91 Å². The van der Waals surface area contributed by atoms with E-state index in [0.717, 1.165) is 5.56 Å². The third kappa shape index (κ3) is 5.40. The Morgan fingerprint density at radius 3 is 2.85 bits per heavy atom. The lowest BCUT2D eigenvalue weighted by atomic mass is 10.2. The van der Waals surface area contributed by atoms with E-state index < -0.39 is 17.9 Å². The molecule has 1 aromatic carbocycles. The number of aromatic nitrogens is 2. The van der Waals surface area contributed by atoms with Crippen molar-refractivity contribution in [1.29, 1.82) is 0 Å². The maximum Gasteiger partial charge on any atom is 0.329 e. The lowest BCUT2D eigenvalue weighted by molar-refractivity contribution is -0.144. The Morgan fingerprint density at radius 1 is 1.38 bits per heavy atom. The van der Waals surface area contributed by atoms with Crippen LogP contribution in [0.3, 0.4) is 0 Å². The van der Waals surface area contributed by atoms with Gasteiger partial charge in [-0.15, -0.1) is 0 Å². The Kier molecular flexibility index (Phi) is 7.35. The topological polar surface area (TPSA) is 82.5 Å². The Hall–Kier alpha value is -2.19. The Bertz CT molecular complexity index is 781. The van der Waals surface area contributed by atoms with Crippen LogP contribution in [0, 0.1) is 6.92 Å². The van der Waals surface area contributed by atoms with Crippen molar-refractivity contribution in [3.63, 3.8) is 0 Å². The van der Waals surface area contributed by atoms with E-state index in [4.69, 9.17) is 21.1 Å². The van der Waals surface area contributed by atoms with Crippen LogP contribution in [0.2, 0.25) is 5.02 Å². The van der Waals surface area contributed by atoms with Crippen molar-refractivity contribution in [2.24, 2.45) is 0 Å². The van der Waals surface area contributed by atoms with Gasteiger partial charge in [0.15, 0.2) is 6.73 Å². The Balaban J connectivity index is 1.96. The lowest BCUT2D eigenvalue weighted by Gasteiger charge is -2.14. The van der Waals surface area contributed by atoms with Gasteiger partial charge in [0, 0.05) is 11.9 Å². The van der Waals surface area contributed by atoms with Crippen molar-refractivity contribution in [2.75, 3.05) is 12.4 Å². The zero-order valence-corrected chi connectivity index (χ0v) is 16.1. The molecule has 1 heterocycles. The number of benzene rings is 1. The number of carbonyl (C=O) groups is 2. The summed E-state index contributed by atoms with van der Waals surface area (Å²) in [5.74, 6) is -0.372. The van der Waals surface area contributed by atoms with Gasteiger partial charge in [-0.25, -0.2) is 9.48 Å². The van der Waals surface area contributed by atoms with E-state index in [9.17, 15) is 9.59 Å². The van der Waals surface area contributed by atoms with Gasteiger partial charge in [-0.2, -0.15) is 17.7 Å². The molecule has 0 spiro atoms. The van der Waals surface area contributed by atoms with E-state index in [-0.39, 0.29) is 24.8 Å². The van der Waals surface area contributed by atoms with Crippen LogP contribution in [-0.2, 0) is 16.3 Å². The number of amides is 1. The molecule has 0 aliphatic heterocycles. The van der Waals surface area contributed by atoms with E-state index >= 15 is 0 Å². The van der Waals surface area contributed by atoms with Crippen LogP contribution in [0.5, 0.6) is 5.75 Å². The summed E-state index contributed by atoms with van der Waals surface area (Å²) < 4.78 is 12.0. The predicted octanol–water partition coefficient (Wildman–Crippen LogP) is 2.47. The number of esters is 1. The Morgan fingerprint density at radius 2 is 2.15 bits per heavy atom. The molecule has 0 aliphatic rings. The molecular weight excluding hydrogens is 378 g/mol. The van der Waals surface area contributed by atoms with Crippen molar-refractivity contribution < 1.29 is 19.1 Å². The lowest BCUT2D eigenvalue weighted by Crippen LogP contribution is -2.43. The highest BCUT2D eigenvalue weighted by molar-refractivity contribution is 7.80. The molecule has 0 unspecified atom stereocenters. The standard InChI is InChI=1S/C17H20ClN3O4S/c1-3-24-17(23)14(9-26)19-16(22)13-6-7-21(20-13)10-25-15-8-11(2)4-5-12(15)18/h4-8,14,26H,3,9-10H2,1-2H3,(H,19,22)/t14-/m0/s1. The first kappa shape index (κ1) is 20.1. The molecule has 1 atom stereocenters. The number of thiol groups is 1. The highest BCUT2D eigenvalue weighted by atomic mass is 35.5. The molecule has 0 saturated carbocycles. The monoisotopic (exact) mass is 397 g/mol. The summed E-state index contributed by atoms with van der Waals surface area (Å²) in [7, 11) is 0. The zero-order valence-electron chi connectivity index (χ0n) is 14.4. The predicted molar refractivity (Wildman–Crippen MR) is 101 cm³/mol. The highest BCUT2D eigenvalue weighted by Gasteiger charge is 2.22. The summed E-state index contributed by atoms with van der Waals surface area (Å²) in [5, 5.41) is 7.17. The maximum absolute atomic E-state index is 12.2. The second-order valence-electron chi connectivity index (χ2n) is 5.41. The molecule has 9 heteroatoms. The number of carbonyl (C=O) groups excluding carboxylic acids is 2. The van der Waals surface area contributed by atoms with E-state index in [0.29, 0.717) is 10.8 Å². The maximum atomic E-state index is 12.2. The average molecular weight is 398 g/mol. The van der Waals surface area contributed by atoms with Crippen molar-refractivity contribution in [1.82, 2.24) is 15.1 Å². The van der Waals surface area contributed by atoms with E-state index in [1.807, 2.05) is 19.1 Å². The average Bonchev–Trinajstić information content (AvgIpc) is 3.09. The fraction of sp³-hybridized carbons (Fsp3) is 0.353. The minimum absolute atomic E-state index is 0.0876. The quantitative estimate of drug-likeness (QED) is 0.528. The zero-order chi connectivity index (χ0) is 19.1. The summed E-state index contributed by atoms with van der Waals surface area (Å²) >= 11 is 10.1. The molecule has 0 fully saturated rings. The molecule has 7 nitrogen and oxygen atoms in total. The van der Waals surface area contributed by atoms with Crippen LogP contribution >= 0.6 is 24.2 Å². The van der Waals surface area contributed by atoms with Gasteiger partial charge in [0.05, 0.1) is 11.6 Å². The second-order valence-corrected chi connectivity index (χ2v) is 6.18. The fourth-order valence-corrected chi connectivity index (χ4v) is 2.48. The minimum atomic E-state index is -0.835. The first-order valence-electron chi connectivity index (χ1n) is 7.95. The SMILES string of the molecule is CCOC(=O)[C@H](CS)NC(=O)c1ccn(COc2cc(C)ccc2Cl)n1. The molecule has 0 bridgehead atoms. The van der Waals surface area contributed by atoms with Crippen LogP contribution in [-0.4, -0.2) is 40.1 Å². The van der Waals surface area contributed by atoms with Gasteiger partial charge in [-0.05, 0) is 37.6 Å². The molecule has 0 radical (unpaired) electrons. The summed E-state index contributed by atoms with van der Waals surface area (Å²) in [5.41, 5.74) is 1.17. The summed E-state index contributed by atoms with van der Waals surface area (Å²) in [6.45, 7) is 3.94. The van der Waals surface area contributed by atoms with Crippen LogP contribution in [0.15, 0.2) is 30.5 Å². The molecule has 1 aromatic heterocycles. The van der Waals surface area contributed by atoms with E-state index in [1.165, 1.54) is 10.7 Å². The van der Waals surface area contributed by atoms with Crippen molar-refractivity contribution in [2.45, 2.75) is 26.6 Å². The van der Waals surface area contributed by atoms with Gasteiger partial charge >= 0.3 is 5.97 Å². The number of hydrogen-bond donors (Lipinski definition) is 2. The van der Waals surface area contributed by atoms with Gasteiger partial charge < -0.3 is 14.8 Å². The number of ether oxygens (including phenoxy) is 2. The van der Waals surface area contributed by atoms with Crippen molar-refractivity contribution in [3.05, 3.63) is 46.7 Å². The number of nitrogens with one attached hydrogen (secondary N) is 1. The normalized spacial score (nSPS) is 11.7. The number of nitrogens with zero attached hydrogens (tertiary/aromatic N) is 2. The number of aryl methyl sites for hydroxylation is 1. The van der Waals surface area contributed by atoms with Gasteiger partial charge in [-0.1, -0.05) is 17.7 Å². The van der Waals surface area contributed by atoms with Gasteiger partial charge in [-0.3, -0.25) is 4.79 Å². The van der Waals surface area contributed by atoms with Crippen LogP contribution in [0.1, 0.15) is 23.0 Å². The number of rotatable bonds is 8. The fourth-order valence-electron chi connectivity index (χ4n) is 2.07. The van der Waals surface area contributed by atoms with Crippen molar-refractivity contribution >= 4 is 36.1 Å². The minimum Gasteiger partial charge on any atom is -0.470 e. The summed E-state index contributed by atoms with van der Waals surface area (Å²) in [6, 6.07) is 6.14. The molecule has 2 aromatic rings. The smallest absolute Gasteiger partial charge is 0.329 e. The van der Waals surface area contributed by atoms with E-state index in [1.54, 1.807) is 19.2 Å². The van der Waals surface area contributed by atoms with Gasteiger partial charge in [0.1, 0.15) is 17.5 Å². The summed E-state index contributed by atoms with van der Waals surface area (Å²) in [4.78, 5) is 23.9. The second kappa shape index (κ2) is 9.49.